The maximum absolute atomic E-state index is 6.17. The lowest BCUT2D eigenvalue weighted by molar-refractivity contribution is 0.301. The Labute approximate surface area is 163 Å². The molecule has 0 amide bonds. The van der Waals surface area contributed by atoms with Crippen molar-refractivity contribution in [2.75, 3.05) is 19.7 Å². The Kier molecular flexibility index (Phi) is 5.39. The molecule has 2 N–H and O–H groups in total. The number of benzene rings is 2. The first kappa shape index (κ1) is 17.7. The van der Waals surface area contributed by atoms with Gasteiger partial charge >= 0.3 is 0 Å². The first-order valence-corrected chi connectivity index (χ1v) is 9.86. The standard InChI is InChI=1S/C21H22Cl2N2O/c22-15-7-8-20(17(23)12-15)26-11-3-4-14-13-24-10-9-19-21(14)16-5-1-2-6-18(16)25-19/h1-2,5-8,12,14,24-25H,3-4,9-11,13H2. The highest BCUT2D eigenvalue weighted by Gasteiger charge is 2.22. The largest absolute Gasteiger partial charge is 0.492 e. The minimum absolute atomic E-state index is 0.493. The average Bonchev–Trinajstić information content (AvgIpc) is 2.88. The van der Waals surface area contributed by atoms with E-state index in [1.165, 1.54) is 22.2 Å². The van der Waals surface area contributed by atoms with Crippen molar-refractivity contribution < 1.29 is 4.74 Å². The second kappa shape index (κ2) is 7.91. The molecule has 0 bridgehead atoms. The van der Waals surface area contributed by atoms with Crippen molar-refractivity contribution >= 4 is 34.1 Å². The monoisotopic (exact) mass is 388 g/mol. The van der Waals surface area contributed by atoms with Crippen molar-refractivity contribution in [2.45, 2.75) is 25.2 Å². The van der Waals surface area contributed by atoms with E-state index >= 15 is 0 Å². The molecule has 26 heavy (non-hydrogen) atoms. The summed E-state index contributed by atoms with van der Waals surface area (Å²) in [7, 11) is 0. The number of rotatable bonds is 5. The molecular formula is C21H22Cl2N2O. The van der Waals surface area contributed by atoms with Crippen molar-refractivity contribution in [3.8, 4) is 5.75 Å². The maximum Gasteiger partial charge on any atom is 0.137 e. The second-order valence-electron chi connectivity index (χ2n) is 6.78. The van der Waals surface area contributed by atoms with E-state index in [4.69, 9.17) is 27.9 Å². The van der Waals surface area contributed by atoms with Gasteiger partial charge in [-0.05, 0) is 48.6 Å². The van der Waals surface area contributed by atoms with Crippen LogP contribution in [0.2, 0.25) is 10.0 Å². The summed E-state index contributed by atoms with van der Waals surface area (Å²) in [6.07, 6.45) is 3.11. The third-order valence-corrected chi connectivity index (χ3v) is 5.56. The number of ether oxygens (including phenoxy) is 1. The maximum atomic E-state index is 6.17. The Hall–Kier alpha value is -1.68. The van der Waals surface area contributed by atoms with Crippen LogP contribution in [0.4, 0.5) is 0 Å². The van der Waals surface area contributed by atoms with Crippen molar-refractivity contribution in [1.82, 2.24) is 10.3 Å². The van der Waals surface area contributed by atoms with E-state index in [2.05, 4.69) is 34.6 Å². The number of aromatic nitrogens is 1. The molecule has 5 heteroatoms. The van der Waals surface area contributed by atoms with Crippen LogP contribution in [-0.4, -0.2) is 24.7 Å². The number of halogens is 2. The fourth-order valence-corrected chi connectivity index (χ4v) is 4.29. The van der Waals surface area contributed by atoms with Gasteiger partial charge in [0.15, 0.2) is 0 Å². The number of hydrogen-bond acceptors (Lipinski definition) is 2. The smallest absolute Gasteiger partial charge is 0.137 e. The lowest BCUT2D eigenvalue weighted by atomic mass is 9.92. The van der Waals surface area contributed by atoms with E-state index in [9.17, 15) is 0 Å². The summed E-state index contributed by atoms with van der Waals surface area (Å²) in [4.78, 5) is 3.61. The van der Waals surface area contributed by atoms with E-state index in [-0.39, 0.29) is 0 Å². The fourth-order valence-electron chi connectivity index (χ4n) is 3.83. The summed E-state index contributed by atoms with van der Waals surface area (Å²) in [5, 5.41) is 6.12. The molecule has 0 fully saturated rings. The number of aromatic amines is 1. The molecule has 2 aromatic carbocycles. The van der Waals surface area contributed by atoms with E-state index in [0.717, 1.165) is 32.4 Å². The zero-order chi connectivity index (χ0) is 17.9. The van der Waals surface area contributed by atoms with Gasteiger partial charge in [-0.15, -0.1) is 0 Å². The van der Waals surface area contributed by atoms with Gasteiger partial charge in [0.25, 0.3) is 0 Å². The molecule has 0 saturated carbocycles. The average molecular weight is 389 g/mol. The molecule has 1 atom stereocenters. The zero-order valence-electron chi connectivity index (χ0n) is 14.5. The molecule has 0 spiro atoms. The first-order chi connectivity index (χ1) is 12.7. The number of hydrogen-bond donors (Lipinski definition) is 2. The Morgan fingerprint density at radius 2 is 2.00 bits per heavy atom. The third-order valence-electron chi connectivity index (χ3n) is 5.03. The Morgan fingerprint density at radius 3 is 2.88 bits per heavy atom. The van der Waals surface area contributed by atoms with Crippen molar-refractivity contribution in [1.29, 1.82) is 0 Å². The molecule has 0 aliphatic carbocycles. The van der Waals surface area contributed by atoms with Crippen LogP contribution in [-0.2, 0) is 6.42 Å². The van der Waals surface area contributed by atoms with Gasteiger partial charge in [-0.2, -0.15) is 0 Å². The Bertz CT molecular complexity index is 906. The number of para-hydroxylation sites is 1. The minimum atomic E-state index is 0.493. The molecule has 0 radical (unpaired) electrons. The van der Waals surface area contributed by atoms with Crippen LogP contribution in [0, 0.1) is 0 Å². The van der Waals surface area contributed by atoms with Crippen LogP contribution in [0.3, 0.4) is 0 Å². The van der Waals surface area contributed by atoms with Gasteiger partial charge in [0.2, 0.25) is 0 Å². The van der Waals surface area contributed by atoms with Gasteiger partial charge in [0.1, 0.15) is 5.75 Å². The summed E-state index contributed by atoms with van der Waals surface area (Å²) >= 11 is 12.1. The molecule has 3 nitrogen and oxygen atoms in total. The molecule has 1 aliphatic rings. The third kappa shape index (κ3) is 3.71. The van der Waals surface area contributed by atoms with Crippen molar-refractivity contribution in [3.05, 3.63) is 63.8 Å². The quantitative estimate of drug-likeness (QED) is 0.561. The fraction of sp³-hybridized carbons (Fsp3) is 0.333. The summed E-state index contributed by atoms with van der Waals surface area (Å²) in [6.45, 7) is 2.68. The van der Waals surface area contributed by atoms with E-state index in [1.807, 2.05) is 6.07 Å². The van der Waals surface area contributed by atoms with E-state index < -0.39 is 0 Å². The number of nitrogens with one attached hydrogen (secondary N) is 2. The second-order valence-corrected chi connectivity index (χ2v) is 7.62. The molecule has 1 aliphatic heterocycles. The van der Waals surface area contributed by atoms with Crippen LogP contribution >= 0.6 is 23.2 Å². The number of fused-ring (bicyclic) bond motifs is 3. The molecule has 1 unspecified atom stereocenters. The molecule has 2 heterocycles. The predicted molar refractivity (Wildman–Crippen MR) is 109 cm³/mol. The summed E-state index contributed by atoms with van der Waals surface area (Å²) in [5.74, 6) is 1.19. The van der Waals surface area contributed by atoms with Gasteiger partial charge in [-0.1, -0.05) is 41.4 Å². The summed E-state index contributed by atoms with van der Waals surface area (Å²) in [6, 6.07) is 14.0. The van der Waals surface area contributed by atoms with E-state index in [0.29, 0.717) is 28.3 Å². The predicted octanol–water partition coefficient (Wildman–Crippen LogP) is 5.56. The van der Waals surface area contributed by atoms with Gasteiger partial charge in [-0.25, -0.2) is 0 Å². The van der Waals surface area contributed by atoms with Crippen LogP contribution in [0.25, 0.3) is 10.9 Å². The van der Waals surface area contributed by atoms with Gasteiger partial charge in [-0.3, -0.25) is 0 Å². The topological polar surface area (TPSA) is 37.0 Å². The van der Waals surface area contributed by atoms with Crippen molar-refractivity contribution in [2.24, 2.45) is 0 Å². The number of H-pyrrole nitrogens is 1. The summed E-state index contributed by atoms with van der Waals surface area (Å²) < 4.78 is 5.85. The molecular weight excluding hydrogens is 367 g/mol. The lowest BCUT2D eigenvalue weighted by Gasteiger charge is -2.16. The molecule has 4 rings (SSSR count). The molecule has 3 aromatic rings. The highest BCUT2D eigenvalue weighted by molar-refractivity contribution is 6.35. The zero-order valence-corrected chi connectivity index (χ0v) is 16.0. The molecule has 136 valence electrons. The molecule has 1 aromatic heterocycles. The highest BCUT2D eigenvalue weighted by Crippen LogP contribution is 2.34. The lowest BCUT2D eigenvalue weighted by Crippen LogP contribution is -2.20. The van der Waals surface area contributed by atoms with Gasteiger partial charge in [0.05, 0.1) is 11.6 Å². The van der Waals surface area contributed by atoms with Crippen LogP contribution in [0.15, 0.2) is 42.5 Å². The van der Waals surface area contributed by atoms with Gasteiger partial charge < -0.3 is 15.0 Å². The van der Waals surface area contributed by atoms with Gasteiger partial charge in [0, 0.05) is 41.1 Å². The van der Waals surface area contributed by atoms with Crippen LogP contribution in [0.1, 0.15) is 30.0 Å². The highest BCUT2D eigenvalue weighted by atomic mass is 35.5. The summed E-state index contributed by atoms with van der Waals surface area (Å²) in [5.41, 5.74) is 4.10. The first-order valence-electron chi connectivity index (χ1n) is 9.10. The van der Waals surface area contributed by atoms with Crippen LogP contribution in [0.5, 0.6) is 5.75 Å². The Balaban J connectivity index is 1.44. The SMILES string of the molecule is Clc1ccc(OCCCC2CNCCc3[nH]c4ccccc4c32)c(Cl)c1. The van der Waals surface area contributed by atoms with E-state index in [1.54, 1.807) is 12.1 Å². The van der Waals surface area contributed by atoms with Crippen molar-refractivity contribution in [3.63, 3.8) is 0 Å². The normalized spacial score (nSPS) is 17.1. The van der Waals surface area contributed by atoms with Crippen LogP contribution < -0.4 is 10.1 Å². The molecule has 0 saturated heterocycles. The minimum Gasteiger partial charge on any atom is -0.492 e. The Morgan fingerprint density at radius 1 is 1.12 bits per heavy atom.